The molecule has 0 bridgehead atoms. The molecule has 1 aliphatic heterocycles. The molecule has 2 amide bonds. The lowest BCUT2D eigenvalue weighted by Gasteiger charge is -2.35. The molecule has 1 N–H and O–H groups in total. The monoisotopic (exact) mass is 638 g/mol. The van der Waals surface area contributed by atoms with Gasteiger partial charge in [-0.2, -0.15) is 0 Å². The first-order valence-corrected chi connectivity index (χ1v) is 15.8. The quantitative estimate of drug-likeness (QED) is 0.285. The highest BCUT2D eigenvalue weighted by molar-refractivity contribution is 6.00. The van der Waals surface area contributed by atoms with E-state index in [0.29, 0.717) is 36.2 Å². The van der Waals surface area contributed by atoms with E-state index in [9.17, 15) is 14.4 Å². The molecule has 0 saturated carbocycles. The summed E-state index contributed by atoms with van der Waals surface area (Å²) >= 11 is 0. The minimum absolute atomic E-state index is 0.0626. The lowest BCUT2D eigenvalue weighted by atomic mass is 9.87. The maximum Gasteiger partial charge on any atom is 0.419 e. The minimum Gasteiger partial charge on any atom is -0.444 e. The van der Waals surface area contributed by atoms with Gasteiger partial charge in [-0.1, -0.05) is 13.0 Å². The van der Waals surface area contributed by atoms with Crippen LogP contribution in [0, 0.1) is 0 Å². The van der Waals surface area contributed by atoms with E-state index in [1.54, 1.807) is 80.6 Å². The standard InChI is InChI=1S/C35H47FN4O6/c1-11-23-25-18-21(24-15-17-39(20-26(24)36)31(42)45-34(5,6)7)12-13-27(25)40(32(43)46-35(8,9)10)29(23)22-14-16-37-28(19-22)38-30(41)44-33(2,3)4/h12-14,16,18-19,24,26H,11,15,17,20H2,1-10H3,(H,37,38,41). The lowest BCUT2D eigenvalue weighted by Crippen LogP contribution is -2.46. The third-order valence-corrected chi connectivity index (χ3v) is 7.31. The third kappa shape index (κ3) is 8.35. The number of nitrogens with one attached hydrogen (secondary N) is 1. The van der Waals surface area contributed by atoms with Gasteiger partial charge in [-0.05, 0) is 111 Å². The fourth-order valence-electron chi connectivity index (χ4n) is 5.59. The molecule has 4 rings (SSSR count). The van der Waals surface area contributed by atoms with Gasteiger partial charge in [0.2, 0.25) is 0 Å². The zero-order chi connectivity index (χ0) is 34.2. The molecule has 1 fully saturated rings. The topological polar surface area (TPSA) is 112 Å². The van der Waals surface area contributed by atoms with Crippen LogP contribution in [0.5, 0.6) is 0 Å². The summed E-state index contributed by atoms with van der Waals surface area (Å²) in [4.78, 5) is 44.6. The largest absolute Gasteiger partial charge is 0.444 e. The first-order valence-electron chi connectivity index (χ1n) is 15.8. The predicted molar refractivity (Wildman–Crippen MR) is 176 cm³/mol. The predicted octanol–water partition coefficient (Wildman–Crippen LogP) is 8.46. The first kappa shape index (κ1) is 34.7. The number of hydrogen-bond acceptors (Lipinski definition) is 7. The van der Waals surface area contributed by atoms with E-state index in [0.717, 1.165) is 16.5 Å². The Hall–Kier alpha value is -4.15. The Labute approximate surface area is 270 Å². The van der Waals surface area contributed by atoms with Gasteiger partial charge in [0.05, 0.1) is 17.8 Å². The Balaban J connectivity index is 1.77. The van der Waals surface area contributed by atoms with Crippen LogP contribution in [0.3, 0.4) is 0 Å². The van der Waals surface area contributed by atoms with Crippen molar-refractivity contribution < 1.29 is 33.0 Å². The Morgan fingerprint density at radius 1 is 0.913 bits per heavy atom. The summed E-state index contributed by atoms with van der Waals surface area (Å²) in [6, 6.07) is 9.06. The number of rotatable bonds is 4. The van der Waals surface area contributed by atoms with E-state index in [-0.39, 0.29) is 12.4 Å². The summed E-state index contributed by atoms with van der Waals surface area (Å²) in [7, 11) is 0. The molecule has 1 saturated heterocycles. The molecule has 0 radical (unpaired) electrons. The number of benzene rings is 1. The number of fused-ring (bicyclic) bond motifs is 1. The summed E-state index contributed by atoms with van der Waals surface area (Å²) in [5, 5.41) is 3.46. The normalized spacial score (nSPS) is 17.5. The van der Waals surface area contributed by atoms with Gasteiger partial charge in [-0.3, -0.25) is 5.32 Å². The summed E-state index contributed by atoms with van der Waals surface area (Å²) < 4.78 is 33.9. The molecule has 2 unspecified atom stereocenters. The van der Waals surface area contributed by atoms with Crippen LogP contribution in [0.15, 0.2) is 36.5 Å². The van der Waals surface area contributed by atoms with Crippen molar-refractivity contribution in [2.75, 3.05) is 18.4 Å². The average Bonchev–Trinajstić information content (AvgIpc) is 3.24. The molecule has 46 heavy (non-hydrogen) atoms. The molecule has 1 aliphatic rings. The van der Waals surface area contributed by atoms with Crippen molar-refractivity contribution in [3.63, 3.8) is 0 Å². The van der Waals surface area contributed by atoms with Crippen LogP contribution in [0.2, 0.25) is 0 Å². The second-order valence-corrected chi connectivity index (χ2v) is 14.7. The number of pyridine rings is 1. The molecule has 0 spiro atoms. The number of piperidine rings is 1. The van der Waals surface area contributed by atoms with E-state index in [1.165, 1.54) is 9.47 Å². The van der Waals surface area contributed by atoms with Crippen LogP contribution < -0.4 is 5.32 Å². The van der Waals surface area contributed by atoms with E-state index in [4.69, 9.17) is 14.2 Å². The zero-order valence-electron chi connectivity index (χ0n) is 28.6. The number of aromatic nitrogens is 2. The van der Waals surface area contributed by atoms with Gasteiger partial charge in [-0.25, -0.2) is 28.3 Å². The minimum atomic E-state index is -1.29. The Kier molecular flexibility index (Phi) is 9.75. The highest BCUT2D eigenvalue weighted by Crippen LogP contribution is 2.39. The zero-order valence-corrected chi connectivity index (χ0v) is 28.6. The Morgan fingerprint density at radius 2 is 1.54 bits per heavy atom. The SMILES string of the molecule is CCc1c(-c2ccnc(NC(=O)OC(C)(C)C)c2)n(C(=O)OC(C)(C)C)c2ccc(C3CCN(C(=O)OC(C)(C)C)CC3F)cc12. The van der Waals surface area contributed by atoms with Crippen LogP contribution in [0.1, 0.15) is 92.7 Å². The summed E-state index contributed by atoms with van der Waals surface area (Å²) in [6.45, 7) is 18.4. The van der Waals surface area contributed by atoms with Gasteiger partial charge >= 0.3 is 18.3 Å². The van der Waals surface area contributed by atoms with E-state index in [1.807, 2.05) is 25.1 Å². The van der Waals surface area contributed by atoms with Gasteiger partial charge in [0.25, 0.3) is 0 Å². The van der Waals surface area contributed by atoms with Crippen molar-refractivity contribution in [1.82, 2.24) is 14.5 Å². The fourth-order valence-corrected chi connectivity index (χ4v) is 5.59. The second-order valence-electron chi connectivity index (χ2n) is 14.7. The molecular weight excluding hydrogens is 591 g/mol. The number of anilines is 1. The number of carbonyl (C=O) groups is 3. The smallest absolute Gasteiger partial charge is 0.419 e. The van der Waals surface area contributed by atoms with Crippen LogP contribution in [-0.4, -0.2) is 68.8 Å². The summed E-state index contributed by atoms with van der Waals surface area (Å²) in [5.41, 5.74) is 1.37. The van der Waals surface area contributed by atoms with Crippen molar-refractivity contribution in [3.8, 4) is 11.3 Å². The van der Waals surface area contributed by atoms with Crippen molar-refractivity contribution in [3.05, 3.63) is 47.7 Å². The van der Waals surface area contributed by atoms with Gasteiger partial charge in [0.15, 0.2) is 0 Å². The first-order chi connectivity index (χ1) is 21.3. The molecular formula is C35H47FN4O6. The van der Waals surface area contributed by atoms with Gasteiger partial charge < -0.3 is 19.1 Å². The van der Waals surface area contributed by atoms with E-state index in [2.05, 4.69) is 10.3 Å². The number of likely N-dealkylation sites (tertiary alicyclic amines) is 1. The lowest BCUT2D eigenvalue weighted by molar-refractivity contribution is 0.0111. The number of halogens is 1. The van der Waals surface area contributed by atoms with Crippen LogP contribution >= 0.6 is 0 Å². The molecule has 11 heteroatoms. The molecule has 2 atom stereocenters. The highest BCUT2D eigenvalue weighted by Gasteiger charge is 2.35. The Bertz CT molecular complexity index is 1610. The summed E-state index contributed by atoms with van der Waals surface area (Å²) in [6.07, 6.45) is -0.491. The van der Waals surface area contributed by atoms with Crippen molar-refractivity contribution in [2.24, 2.45) is 0 Å². The average molecular weight is 639 g/mol. The van der Waals surface area contributed by atoms with E-state index < -0.39 is 47.2 Å². The van der Waals surface area contributed by atoms with Crippen molar-refractivity contribution >= 4 is 35.0 Å². The number of nitrogens with zero attached hydrogens (tertiary/aromatic N) is 3. The van der Waals surface area contributed by atoms with Crippen molar-refractivity contribution in [1.29, 1.82) is 0 Å². The van der Waals surface area contributed by atoms with Crippen LogP contribution in [0.4, 0.5) is 24.6 Å². The highest BCUT2D eigenvalue weighted by atomic mass is 19.1. The third-order valence-electron chi connectivity index (χ3n) is 7.31. The second kappa shape index (κ2) is 12.9. The van der Waals surface area contributed by atoms with Crippen molar-refractivity contribution in [2.45, 2.75) is 111 Å². The molecule has 3 heterocycles. The number of hydrogen-bond donors (Lipinski definition) is 1. The molecule has 2 aromatic heterocycles. The molecule has 1 aromatic carbocycles. The molecule has 250 valence electrons. The van der Waals surface area contributed by atoms with Crippen LogP contribution in [-0.2, 0) is 20.6 Å². The molecule has 10 nitrogen and oxygen atoms in total. The number of amides is 2. The number of carbonyl (C=O) groups excluding carboxylic acids is 3. The van der Waals surface area contributed by atoms with Crippen LogP contribution in [0.25, 0.3) is 22.2 Å². The maximum atomic E-state index is 15.7. The maximum absolute atomic E-state index is 15.7. The molecule has 0 aliphatic carbocycles. The fraction of sp³-hybridized carbons (Fsp3) is 0.543. The number of aryl methyl sites for hydroxylation is 1. The molecule has 3 aromatic rings. The van der Waals surface area contributed by atoms with Gasteiger partial charge in [0.1, 0.15) is 28.8 Å². The summed E-state index contributed by atoms with van der Waals surface area (Å²) in [5.74, 6) is -0.181. The number of ether oxygens (including phenoxy) is 3. The van der Waals surface area contributed by atoms with Gasteiger partial charge in [-0.15, -0.1) is 0 Å². The Morgan fingerprint density at radius 3 is 2.13 bits per heavy atom. The van der Waals surface area contributed by atoms with Gasteiger partial charge in [0, 0.05) is 29.6 Å². The van der Waals surface area contributed by atoms with E-state index >= 15 is 4.39 Å². The number of alkyl halides is 1.